The van der Waals surface area contributed by atoms with Crippen LogP contribution in [-0.2, 0) is 6.42 Å². The van der Waals surface area contributed by atoms with E-state index in [0.717, 1.165) is 23.6 Å². The normalized spacial score (nSPS) is 19.9. The van der Waals surface area contributed by atoms with E-state index in [1.807, 2.05) is 30.3 Å². The summed E-state index contributed by atoms with van der Waals surface area (Å²) in [6.07, 6.45) is 4.52. The molecule has 126 valence electrons. The van der Waals surface area contributed by atoms with Gasteiger partial charge in [0.2, 0.25) is 0 Å². The van der Waals surface area contributed by atoms with Crippen molar-refractivity contribution in [1.82, 2.24) is 10.3 Å². The predicted octanol–water partition coefficient (Wildman–Crippen LogP) is 4.41. The van der Waals surface area contributed by atoms with Gasteiger partial charge in [-0.2, -0.15) is 0 Å². The van der Waals surface area contributed by atoms with Crippen LogP contribution in [0.1, 0.15) is 36.0 Å². The highest BCUT2D eigenvalue weighted by Crippen LogP contribution is 2.41. The number of aryl methyl sites for hydroxylation is 1. The third-order valence-corrected chi connectivity index (χ3v) is 4.87. The van der Waals surface area contributed by atoms with Gasteiger partial charge in [-0.3, -0.25) is 4.98 Å². The Hall–Kier alpha value is -2.66. The summed E-state index contributed by atoms with van der Waals surface area (Å²) in [5.74, 6) is 0.863. The number of anilines is 1. The zero-order chi connectivity index (χ0) is 17.2. The van der Waals surface area contributed by atoms with Gasteiger partial charge in [0, 0.05) is 11.9 Å². The van der Waals surface area contributed by atoms with Gasteiger partial charge in [0.15, 0.2) is 5.11 Å². The fraction of sp³-hybridized carbons (Fsp3) is 0.200. The zero-order valence-electron chi connectivity index (χ0n) is 13.9. The van der Waals surface area contributed by atoms with E-state index in [4.69, 9.17) is 16.6 Å². The predicted molar refractivity (Wildman–Crippen MR) is 102 cm³/mol. The lowest BCUT2D eigenvalue weighted by Crippen LogP contribution is -2.29. The van der Waals surface area contributed by atoms with Gasteiger partial charge in [0.25, 0.3) is 0 Å². The van der Waals surface area contributed by atoms with E-state index in [0.29, 0.717) is 5.11 Å². The molecule has 0 bridgehead atoms. The molecule has 3 heterocycles. The Morgan fingerprint density at radius 1 is 1.12 bits per heavy atom. The lowest BCUT2D eigenvalue weighted by atomic mass is 10.0. The molecule has 25 heavy (non-hydrogen) atoms. The minimum absolute atomic E-state index is 0.0642. The van der Waals surface area contributed by atoms with Crippen LogP contribution in [0, 0.1) is 0 Å². The van der Waals surface area contributed by atoms with Crippen LogP contribution in [0.4, 0.5) is 5.69 Å². The quantitative estimate of drug-likeness (QED) is 0.707. The summed E-state index contributed by atoms with van der Waals surface area (Å²) in [5, 5.41) is 4.10. The molecule has 0 spiro atoms. The number of nitrogens with one attached hydrogen (secondary N) is 1. The van der Waals surface area contributed by atoms with Crippen molar-refractivity contribution in [1.29, 1.82) is 0 Å². The number of pyridine rings is 1. The Morgan fingerprint density at radius 2 is 1.96 bits per heavy atom. The number of hydrogen-bond donors (Lipinski definition) is 1. The molecule has 1 fully saturated rings. The molecule has 1 aromatic carbocycles. The Bertz CT molecular complexity index is 846. The van der Waals surface area contributed by atoms with Crippen LogP contribution in [0.15, 0.2) is 71.5 Å². The number of aromatic nitrogens is 1. The standard InChI is InChI=1S/C20H19N3OS/c1-2-14-8-10-15(11-9-14)23-19(17-7-5-13-24-17)18(22-20(23)25)16-6-3-4-12-21-16/h3-13,18-19H,2H2,1H3,(H,22,25). The molecule has 2 atom stereocenters. The minimum Gasteiger partial charge on any atom is -0.467 e. The molecular weight excluding hydrogens is 330 g/mol. The van der Waals surface area contributed by atoms with Crippen molar-refractivity contribution in [2.75, 3.05) is 4.90 Å². The van der Waals surface area contributed by atoms with Crippen LogP contribution in [0.3, 0.4) is 0 Å². The van der Waals surface area contributed by atoms with Gasteiger partial charge in [0.05, 0.1) is 18.0 Å². The summed E-state index contributed by atoms with van der Waals surface area (Å²) in [7, 11) is 0. The van der Waals surface area contributed by atoms with E-state index in [9.17, 15) is 0 Å². The highest BCUT2D eigenvalue weighted by atomic mass is 32.1. The van der Waals surface area contributed by atoms with Gasteiger partial charge in [-0.25, -0.2) is 0 Å². The van der Waals surface area contributed by atoms with E-state index in [1.54, 1.807) is 12.5 Å². The van der Waals surface area contributed by atoms with Crippen LogP contribution in [-0.4, -0.2) is 10.1 Å². The van der Waals surface area contributed by atoms with Gasteiger partial charge >= 0.3 is 0 Å². The molecule has 1 aliphatic heterocycles. The second-order valence-corrected chi connectivity index (χ2v) is 6.42. The molecule has 0 radical (unpaired) electrons. The van der Waals surface area contributed by atoms with Crippen LogP contribution in [0.5, 0.6) is 0 Å². The van der Waals surface area contributed by atoms with Gasteiger partial charge in [-0.1, -0.05) is 25.1 Å². The second-order valence-electron chi connectivity index (χ2n) is 6.03. The highest BCUT2D eigenvalue weighted by molar-refractivity contribution is 7.80. The van der Waals surface area contributed by atoms with Crippen molar-refractivity contribution < 1.29 is 4.42 Å². The Morgan fingerprint density at radius 3 is 2.60 bits per heavy atom. The maximum atomic E-state index is 5.75. The first-order valence-corrected chi connectivity index (χ1v) is 8.81. The van der Waals surface area contributed by atoms with E-state index in [2.05, 4.69) is 46.4 Å². The molecule has 4 nitrogen and oxygen atoms in total. The lowest BCUT2D eigenvalue weighted by Gasteiger charge is -2.26. The second kappa shape index (κ2) is 6.69. The van der Waals surface area contributed by atoms with Crippen molar-refractivity contribution >= 4 is 23.0 Å². The SMILES string of the molecule is CCc1ccc(N2C(=S)NC(c3ccccn3)C2c2ccco2)cc1. The molecule has 0 amide bonds. The Kier molecular flexibility index (Phi) is 4.24. The summed E-state index contributed by atoms with van der Waals surface area (Å²) in [6, 6.07) is 18.2. The fourth-order valence-corrected chi connectivity index (χ4v) is 3.62. The summed E-state index contributed by atoms with van der Waals surface area (Å²) in [6.45, 7) is 2.15. The van der Waals surface area contributed by atoms with Crippen molar-refractivity contribution in [3.8, 4) is 0 Å². The monoisotopic (exact) mass is 349 g/mol. The van der Waals surface area contributed by atoms with E-state index >= 15 is 0 Å². The van der Waals surface area contributed by atoms with Crippen molar-refractivity contribution in [2.24, 2.45) is 0 Å². The van der Waals surface area contributed by atoms with E-state index in [1.165, 1.54) is 5.56 Å². The molecule has 1 aliphatic rings. The molecular formula is C20H19N3OS. The van der Waals surface area contributed by atoms with Gasteiger partial charge in [-0.05, 0) is 60.6 Å². The first kappa shape index (κ1) is 15.8. The molecule has 0 aliphatic carbocycles. The lowest BCUT2D eigenvalue weighted by molar-refractivity contribution is 0.432. The maximum Gasteiger partial charge on any atom is 0.174 e. The summed E-state index contributed by atoms with van der Waals surface area (Å²) in [5.41, 5.74) is 3.30. The number of rotatable bonds is 4. The first-order chi connectivity index (χ1) is 12.3. The summed E-state index contributed by atoms with van der Waals surface area (Å²) in [4.78, 5) is 6.64. The molecule has 1 saturated heterocycles. The number of thiocarbonyl (C=S) groups is 1. The van der Waals surface area contributed by atoms with Gasteiger partial charge in [0.1, 0.15) is 11.8 Å². The molecule has 2 unspecified atom stereocenters. The summed E-state index contributed by atoms with van der Waals surface area (Å²) < 4.78 is 5.75. The van der Waals surface area contributed by atoms with Crippen LogP contribution in [0.2, 0.25) is 0 Å². The zero-order valence-corrected chi connectivity index (χ0v) is 14.7. The minimum atomic E-state index is -0.0788. The number of hydrogen-bond acceptors (Lipinski definition) is 3. The largest absolute Gasteiger partial charge is 0.467 e. The number of nitrogens with zero attached hydrogens (tertiary/aromatic N) is 2. The van der Waals surface area contributed by atoms with Gasteiger partial charge in [-0.15, -0.1) is 0 Å². The number of furan rings is 1. The summed E-state index contributed by atoms with van der Waals surface area (Å²) >= 11 is 5.66. The fourth-order valence-electron chi connectivity index (χ4n) is 3.27. The average Bonchev–Trinajstić information content (AvgIpc) is 3.30. The molecule has 1 N–H and O–H groups in total. The highest BCUT2D eigenvalue weighted by Gasteiger charge is 2.42. The Labute approximate surface area is 152 Å². The average molecular weight is 349 g/mol. The van der Waals surface area contributed by atoms with E-state index < -0.39 is 0 Å². The molecule has 0 saturated carbocycles. The Balaban J connectivity index is 1.77. The molecule has 2 aromatic heterocycles. The van der Waals surface area contributed by atoms with Crippen molar-refractivity contribution in [3.05, 3.63) is 84.1 Å². The topological polar surface area (TPSA) is 41.3 Å². The third-order valence-electron chi connectivity index (χ3n) is 4.56. The van der Waals surface area contributed by atoms with Gasteiger partial charge < -0.3 is 14.6 Å². The molecule has 4 rings (SSSR count). The molecule has 3 aromatic rings. The van der Waals surface area contributed by atoms with Crippen LogP contribution >= 0.6 is 12.2 Å². The van der Waals surface area contributed by atoms with Crippen LogP contribution in [0.25, 0.3) is 0 Å². The van der Waals surface area contributed by atoms with Crippen molar-refractivity contribution in [2.45, 2.75) is 25.4 Å². The van der Waals surface area contributed by atoms with Crippen LogP contribution < -0.4 is 10.2 Å². The third kappa shape index (κ3) is 2.91. The smallest absolute Gasteiger partial charge is 0.174 e. The van der Waals surface area contributed by atoms with Crippen molar-refractivity contribution in [3.63, 3.8) is 0 Å². The number of benzene rings is 1. The molecule has 5 heteroatoms. The maximum absolute atomic E-state index is 5.75. The van der Waals surface area contributed by atoms with E-state index in [-0.39, 0.29) is 12.1 Å². The first-order valence-electron chi connectivity index (χ1n) is 8.41.